The number of nitrogens with one attached hydrogen (secondary N) is 1. The van der Waals surface area contributed by atoms with E-state index in [2.05, 4.69) is 9.82 Å². The summed E-state index contributed by atoms with van der Waals surface area (Å²) in [6, 6.07) is 6.30. The molecule has 0 saturated carbocycles. The lowest BCUT2D eigenvalue weighted by Crippen LogP contribution is -2.17. The highest BCUT2D eigenvalue weighted by molar-refractivity contribution is 7.92. The van der Waals surface area contributed by atoms with E-state index in [1.54, 1.807) is 0 Å². The van der Waals surface area contributed by atoms with Gasteiger partial charge in [-0.05, 0) is 12.1 Å². The van der Waals surface area contributed by atoms with E-state index < -0.39 is 10.0 Å². The first-order valence-electron chi connectivity index (χ1n) is 5.67. The molecular formula is C12H11ClN4O3S. The van der Waals surface area contributed by atoms with Crippen molar-refractivity contribution in [1.29, 1.82) is 5.26 Å². The molecule has 110 valence electrons. The Balaban J connectivity index is 2.45. The molecule has 0 aliphatic heterocycles. The lowest BCUT2D eigenvalue weighted by atomic mass is 10.2. The van der Waals surface area contributed by atoms with E-state index in [9.17, 15) is 8.42 Å². The maximum absolute atomic E-state index is 12.4. The van der Waals surface area contributed by atoms with Gasteiger partial charge in [-0.2, -0.15) is 18.8 Å². The molecule has 0 saturated heterocycles. The van der Waals surface area contributed by atoms with E-state index in [1.807, 2.05) is 6.07 Å². The van der Waals surface area contributed by atoms with Crippen molar-refractivity contribution in [2.45, 2.75) is 5.03 Å². The number of halogens is 1. The van der Waals surface area contributed by atoms with E-state index in [0.717, 1.165) is 4.68 Å². The monoisotopic (exact) mass is 326 g/mol. The van der Waals surface area contributed by atoms with Gasteiger partial charge >= 0.3 is 0 Å². The first-order valence-corrected chi connectivity index (χ1v) is 7.53. The number of hydrogen-bond donors (Lipinski definition) is 1. The smallest absolute Gasteiger partial charge is 0.280 e. The number of ether oxygens (including phenoxy) is 1. The van der Waals surface area contributed by atoms with Gasteiger partial charge in [-0.1, -0.05) is 11.6 Å². The molecule has 0 fully saturated rings. The molecule has 21 heavy (non-hydrogen) atoms. The van der Waals surface area contributed by atoms with Crippen LogP contribution in [0.3, 0.4) is 0 Å². The topological polar surface area (TPSA) is 97.0 Å². The van der Waals surface area contributed by atoms with Gasteiger partial charge in [-0.25, -0.2) is 0 Å². The molecule has 0 atom stereocenters. The predicted octanol–water partition coefficient (Wildman–Crippen LogP) is 1.75. The van der Waals surface area contributed by atoms with Crippen LogP contribution in [0.4, 0.5) is 5.69 Å². The number of sulfonamides is 1. The summed E-state index contributed by atoms with van der Waals surface area (Å²) in [5.74, 6) is 0.232. The van der Waals surface area contributed by atoms with Gasteiger partial charge in [0.05, 0.1) is 35.6 Å². The zero-order chi connectivity index (χ0) is 15.6. The average Bonchev–Trinajstić information content (AvgIpc) is 2.78. The van der Waals surface area contributed by atoms with Crippen molar-refractivity contribution in [3.63, 3.8) is 0 Å². The Morgan fingerprint density at radius 1 is 1.48 bits per heavy atom. The molecule has 0 radical (unpaired) electrons. The Morgan fingerprint density at radius 2 is 2.19 bits per heavy atom. The van der Waals surface area contributed by atoms with E-state index in [-0.39, 0.29) is 21.5 Å². The highest BCUT2D eigenvalue weighted by Gasteiger charge is 2.24. The van der Waals surface area contributed by atoms with Crippen molar-refractivity contribution in [3.8, 4) is 11.8 Å². The van der Waals surface area contributed by atoms with E-state index in [4.69, 9.17) is 21.6 Å². The van der Waals surface area contributed by atoms with Gasteiger partial charge in [0, 0.05) is 13.1 Å². The third-order valence-corrected chi connectivity index (χ3v) is 4.54. The largest absolute Gasteiger partial charge is 0.495 e. The van der Waals surface area contributed by atoms with Crippen molar-refractivity contribution in [3.05, 3.63) is 35.0 Å². The molecule has 2 rings (SSSR count). The number of benzene rings is 1. The Labute approximate surface area is 126 Å². The number of hydrogen-bond acceptors (Lipinski definition) is 5. The molecule has 0 bridgehead atoms. The fourth-order valence-corrected chi connectivity index (χ4v) is 3.47. The summed E-state index contributed by atoms with van der Waals surface area (Å²) in [6.45, 7) is 0. The van der Waals surface area contributed by atoms with Crippen molar-refractivity contribution < 1.29 is 13.2 Å². The molecule has 0 spiro atoms. The molecule has 9 heteroatoms. The minimum absolute atomic E-state index is 0.0117. The van der Waals surface area contributed by atoms with E-state index in [0.29, 0.717) is 5.56 Å². The average molecular weight is 327 g/mol. The summed E-state index contributed by atoms with van der Waals surface area (Å²) >= 11 is 5.84. The molecule has 1 aromatic carbocycles. The quantitative estimate of drug-likeness (QED) is 0.923. The third-order valence-electron chi connectivity index (χ3n) is 2.67. The van der Waals surface area contributed by atoms with Gasteiger partial charge in [-0.3, -0.25) is 9.40 Å². The second-order valence-corrected chi connectivity index (χ2v) is 6.06. The number of nitrogens with zero attached hydrogens (tertiary/aromatic N) is 3. The Bertz CT molecular complexity index is 804. The van der Waals surface area contributed by atoms with Crippen LogP contribution < -0.4 is 9.46 Å². The molecule has 0 aliphatic rings. The van der Waals surface area contributed by atoms with Crippen molar-refractivity contribution >= 4 is 27.3 Å². The molecule has 0 amide bonds. The Hall–Kier alpha value is -2.24. The van der Waals surface area contributed by atoms with Gasteiger partial charge in [-0.15, -0.1) is 0 Å². The minimum Gasteiger partial charge on any atom is -0.495 e. The third kappa shape index (κ3) is 2.94. The summed E-state index contributed by atoms with van der Waals surface area (Å²) < 4.78 is 33.3. The molecule has 1 N–H and O–H groups in total. The standard InChI is InChI=1S/C12H11ClN4O3S/c1-17-12(9(13)7-15-17)21(18,19)16-10-4-3-8(6-14)5-11(10)20-2/h3-5,7,16H,1-2H3. The summed E-state index contributed by atoms with van der Waals surface area (Å²) in [4.78, 5) is 0. The normalized spacial score (nSPS) is 11.0. The van der Waals surface area contributed by atoms with Crippen LogP contribution in [0.2, 0.25) is 5.02 Å². The zero-order valence-corrected chi connectivity index (χ0v) is 12.7. The molecule has 0 aliphatic carbocycles. The van der Waals surface area contributed by atoms with Crippen LogP contribution >= 0.6 is 11.6 Å². The first kappa shape index (κ1) is 15.2. The van der Waals surface area contributed by atoms with Gasteiger partial charge in [0.25, 0.3) is 10.0 Å². The number of nitriles is 1. The van der Waals surface area contributed by atoms with Crippen LogP contribution in [-0.2, 0) is 17.1 Å². The van der Waals surface area contributed by atoms with Crippen LogP contribution in [-0.4, -0.2) is 25.3 Å². The molecule has 1 heterocycles. The van der Waals surface area contributed by atoms with Crippen LogP contribution in [0.5, 0.6) is 5.75 Å². The maximum Gasteiger partial charge on any atom is 0.280 e. The van der Waals surface area contributed by atoms with Crippen molar-refractivity contribution in [2.75, 3.05) is 11.8 Å². The Kier molecular flexibility index (Phi) is 4.06. The molecular weight excluding hydrogens is 316 g/mol. The second-order valence-electron chi connectivity index (χ2n) is 4.05. The number of methoxy groups -OCH3 is 1. The van der Waals surface area contributed by atoms with Crippen molar-refractivity contribution in [1.82, 2.24) is 9.78 Å². The summed E-state index contributed by atoms with van der Waals surface area (Å²) in [5.41, 5.74) is 0.558. The van der Waals surface area contributed by atoms with Crippen LogP contribution in [0.1, 0.15) is 5.56 Å². The van der Waals surface area contributed by atoms with Gasteiger partial charge in [0.2, 0.25) is 0 Å². The van der Waals surface area contributed by atoms with E-state index in [1.165, 1.54) is 38.6 Å². The lowest BCUT2D eigenvalue weighted by Gasteiger charge is -2.12. The lowest BCUT2D eigenvalue weighted by molar-refractivity contribution is 0.416. The highest BCUT2D eigenvalue weighted by Crippen LogP contribution is 2.29. The summed E-state index contributed by atoms with van der Waals surface area (Å²) in [5, 5.41) is 12.5. The molecule has 0 unspecified atom stereocenters. The highest BCUT2D eigenvalue weighted by atomic mass is 35.5. The maximum atomic E-state index is 12.4. The van der Waals surface area contributed by atoms with Crippen LogP contribution in [0, 0.1) is 11.3 Å². The summed E-state index contributed by atoms with van der Waals surface area (Å²) in [6.07, 6.45) is 1.24. The SMILES string of the molecule is COc1cc(C#N)ccc1NS(=O)(=O)c1c(Cl)cnn1C. The minimum atomic E-state index is -3.93. The Morgan fingerprint density at radius 3 is 2.71 bits per heavy atom. The number of aryl methyl sites for hydroxylation is 1. The van der Waals surface area contributed by atoms with Gasteiger partial charge in [0.15, 0.2) is 5.03 Å². The molecule has 7 nitrogen and oxygen atoms in total. The molecule has 1 aromatic heterocycles. The fraction of sp³-hybridized carbons (Fsp3) is 0.167. The van der Waals surface area contributed by atoms with Crippen LogP contribution in [0.25, 0.3) is 0 Å². The number of anilines is 1. The van der Waals surface area contributed by atoms with Gasteiger partial charge in [0.1, 0.15) is 5.75 Å². The zero-order valence-electron chi connectivity index (χ0n) is 11.2. The van der Waals surface area contributed by atoms with Gasteiger partial charge < -0.3 is 4.74 Å². The summed E-state index contributed by atoms with van der Waals surface area (Å²) in [7, 11) is -1.08. The molecule has 2 aromatic rings. The number of rotatable bonds is 4. The van der Waals surface area contributed by atoms with Crippen molar-refractivity contribution in [2.24, 2.45) is 7.05 Å². The van der Waals surface area contributed by atoms with E-state index >= 15 is 0 Å². The number of aromatic nitrogens is 2. The second kappa shape index (κ2) is 5.63. The first-order chi connectivity index (χ1) is 9.89. The predicted molar refractivity (Wildman–Crippen MR) is 76.7 cm³/mol. The fourth-order valence-electron chi connectivity index (χ4n) is 1.74. The van der Waals surface area contributed by atoms with Crippen LogP contribution in [0.15, 0.2) is 29.4 Å².